The van der Waals surface area contributed by atoms with Gasteiger partial charge in [-0.15, -0.1) is 0 Å². The lowest BCUT2D eigenvalue weighted by Crippen LogP contribution is -2.30. The highest BCUT2D eigenvalue weighted by atomic mass is 16.5. The van der Waals surface area contributed by atoms with Gasteiger partial charge in [0.1, 0.15) is 0 Å². The number of hydrogen-bond acceptors (Lipinski definition) is 5. The van der Waals surface area contributed by atoms with Crippen molar-refractivity contribution in [1.29, 1.82) is 5.26 Å². The largest absolute Gasteiger partial charge is 0.493 e. The van der Waals surface area contributed by atoms with Crippen molar-refractivity contribution in [3.05, 3.63) is 53.6 Å². The molecule has 0 aromatic heterocycles. The van der Waals surface area contributed by atoms with E-state index in [0.29, 0.717) is 28.3 Å². The Bertz CT molecular complexity index is 825. The van der Waals surface area contributed by atoms with Gasteiger partial charge in [-0.05, 0) is 43.3 Å². The topological polar surface area (TPSA) is 114 Å². The van der Waals surface area contributed by atoms with Gasteiger partial charge in [0, 0.05) is 17.3 Å². The van der Waals surface area contributed by atoms with Crippen LogP contribution >= 0.6 is 0 Å². The van der Waals surface area contributed by atoms with Gasteiger partial charge in [-0.1, -0.05) is 0 Å². The van der Waals surface area contributed by atoms with Crippen molar-refractivity contribution in [3.63, 3.8) is 0 Å². The SMILES string of the molecule is COc1cc(C#N)ccc1O[C@H](C)C(=O)Nc1ccc(C(N)=O)cc1. The van der Waals surface area contributed by atoms with Crippen LogP contribution in [0.1, 0.15) is 22.8 Å². The number of nitrogens with two attached hydrogens (primary N) is 1. The number of carbonyl (C=O) groups excluding carboxylic acids is 2. The molecule has 0 aliphatic heterocycles. The van der Waals surface area contributed by atoms with Crippen molar-refractivity contribution in [2.75, 3.05) is 12.4 Å². The highest BCUT2D eigenvalue weighted by Crippen LogP contribution is 2.28. The first-order valence-corrected chi connectivity index (χ1v) is 7.40. The molecule has 0 aliphatic carbocycles. The summed E-state index contributed by atoms with van der Waals surface area (Å²) in [4.78, 5) is 23.3. The molecule has 0 heterocycles. The predicted molar refractivity (Wildman–Crippen MR) is 91.4 cm³/mol. The van der Waals surface area contributed by atoms with Gasteiger partial charge >= 0.3 is 0 Å². The molecule has 1 atom stereocenters. The number of ether oxygens (including phenoxy) is 2. The number of primary amides is 1. The van der Waals surface area contributed by atoms with E-state index in [-0.39, 0.29) is 5.91 Å². The molecule has 0 fully saturated rings. The number of methoxy groups -OCH3 is 1. The number of amides is 2. The van der Waals surface area contributed by atoms with E-state index >= 15 is 0 Å². The molecule has 128 valence electrons. The van der Waals surface area contributed by atoms with Gasteiger partial charge in [0.05, 0.1) is 18.7 Å². The lowest BCUT2D eigenvalue weighted by molar-refractivity contribution is -0.122. The van der Waals surface area contributed by atoms with Crippen molar-refractivity contribution in [2.24, 2.45) is 5.73 Å². The van der Waals surface area contributed by atoms with Crippen LogP contribution in [-0.4, -0.2) is 25.0 Å². The first-order chi connectivity index (χ1) is 11.9. The fourth-order valence-corrected chi connectivity index (χ4v) is 2.04. The van der Waals surface area contributed by atoms with Crippen LogP contribution in [0.2, 0.25) is 0 Å². The molecule has 0 aliphatic rings. The summed E-state index contributed by atoms with van der Waals surface area (Å²) in [6, 6.07) is 12.9. The van der Waals surface area contributed by atoms with Crippen LogP contribution in [0.15, 0.2) is 42.5 Å². The number of nitrogens with zero attached hydrogens (tertiary/aromatic N) is 1. The summed E-state index contributed by atoms with van der Waals surface area (Å²) >= 11 is 0. The summed E-state index contributed by atoms with van der Waals surface area (Å²) in [7, 11) is 1.45. The summed E-state index contributed by atoms with van der Waals surface area (Å²) in [6.07, 6.45) is -0.808. The van der Waals surface area contributed by atoms with Gasteiger partial charge < -0.3 is 20.5 Å². The zero-order valence-corrected chi connectivity index (χ0v) is 13.8. The number of nitrogens with one attached hydrogen (secondary N) is 1. The van der Waals surface area contributed by atoms with E-state index in [2.05, 4.69) is 5.32 Å². The third-order valence-electron chi connectivity index (χ3n) is 3.40. The summed E-state index contributed by atoms with van der Waals surface area (Å²) in [6.45, 7) is 1.59. The van der Waals surface area contributed by atoms with Gasteiger partial charge in [-0.2, -0.15) is 5.26 Å². The van der Waals surface area contributed by atoms with Crippen molar-refractivity contribution < 1.29 is 19.1 Å². The maximum Gasteiger partial charge on any atom is 0.265 e. The van der Waals surface area contributed by atoms with Crippen molar-refractivity contribution in [3.8, 4) is 17.6 Å². The highest BCUT2D eigenvalue weighted by Gasteiger charge is 2.17. The number of rotatable bonds is 6. The minimum absolute atomic E-state index is 0.351. The Balaban J connectivity index is 2.05. The molecule has 3 N–H and O–H groups in total. The Kier molecular flexibility index (Phi) is 5.58. The van der Waals surface area contributed by atoms with E-state index in [0.717, 1.165) is 0 Å². The first kappa shape index (κ1) is 17.8. The van der Waals surface area contributed by atoms with Gasteiger partial charge in [0.15, 0.2) is 17.6 Å². The van der Waals surface area contributed by atoms with E-state index < -0.39 is 12.0 Å². The Hall–Kier alpha value is -3.53. The van der Waals surface area contributed by atoms with E-state index in [9.17, 15) is 9.59 Å². The average Bonchev–Trinajstić information content (AvgIpc) is 2.62. The third kappa shape index (κ3) is 4.48. The zero-order chi connectivity index (χ0) is 18.4. The molecule has 0 spiro atoms. The molecule has 7 nitrogen and oxygen atoms in total. The molecular weight excluding hydrogens is 322 g/mol. The lowest BCUT2D eigenvalue weighted by Gasteiger charge is -2.17. The van der Waals surface area contributed by atoms with Crippen LogP contribution in [-0.2, 0) is 4.79 Å². The number of anilines is 1. The third-order valence-corrected chi connectivity index (χ3v) is 3.40. The molecule has 2 amide bonds. The quantitative estimate of drug-likeness (QED) is 0.836. The average molecular weight is 339 g/mol. The van der Waals surface area contributed by atoms with Crippen molar-refractivity contribution in [2.45, 2.75) is 13.0 Å². The smallest absolute Gasteiger partial charge is 0.265 e. The molecule has 7 heteroatoms. The Morgan fingerprint density at radius 3 is 2.40 bits per heavy atom. The minimum Gasteiger partial charge on any atom is -0.493 e. The second kappa shape index (κ2) is 7.84. The van der Waals surface area contributed by atoms with Crippen molar-refractivity contribution >= 4 is 17.5 Å². The summed E-state index contributed by atoms with van der Waals surface area (Å²) < 4.78 is 10.8. The fraction of sp³-hybridized carbons (Fsp3) is 0.167. The predicted octanol–water partition coefficient (Wildman–Crippen LogP) is 2.07. The van der Waals surface area contributed by atoms with Crippen LogP contribution in [0.25, 0.3) is 0 Å². The second-order valence-electron chi connectivity index (χ2n) is 5.17. The molecule has 0 saturated heterocycles. The fourth-order valence-electron chi connectivity index (χ4n) is 2.04. The Labute approximate surface area is 145 Å². The van der Waals surface area contributed by atoms with Crippen LogP contribution in [0.5, 0.6) is 11.5 Å². The number of carbonyl (C=O) groups is 2. The summed E-state index contributed by atoms with van der Waals surface area (Å²) in [5.41, 5.74) is 6.46. The molecule has 2 aromatic carbocycles. The standard InChI is InChI=1S/C18H17N3O4/c1-11(25-15-8-3-12(10-19)9-16(15)24-2)18(23)21-14-6-4-13(5-7-14)17(20)22/h3-9,11H,1-2H3,(H2,20,22)(H,21,23)/t11-/m1/s1. The van der Waals surface area contributed by atoms with E-state index in [4.69, 9.17) is 20.5 Å². The summed E-state index contributed by atoms with van der Waals surface area (Å²) in [5.74, 6) is -0.196. The number of nitriles is 1. The second-order valence-corrected chi connectivity index (χ2v) is 5.17. The zero-order valence-electron chi connectivity index (χ0n) is 13.8. The van der Waals surface area contributed by atoms with Gasteiger partial charge in [0.2, 0.25) is 5.91 Å². The van der Waals surface area contributed by atoms with Crippen LogP contribution in [0.3, 0.4) is 0 Å². The minimum atomic E-state index is -0.808. The number of benzene rings is 2. The Morgan fingerprint density at radius 1 is 1.16 bits per heavy atom. The molecule has 0 unspecified atom stereocenters. The van der Waals surface area contributed by atoms with E-state index in [1.54, 1.807) is 31.2 Å². The van der Waals surface area contributed by atoms with Crippen molar-refractivity contribution in [1.82, 2.24) is 0 Å². The first-order valence-electron chi connectivity index (χ1n) is 7.40. The maximum atomic E-state index is 12.2. The molecule has 25 heavy (non-hydrogen) atoms. The molecule has 0 radical (unpaired) electrons. The maximum absolute atomic E-state index is 12.2. The number of hydrogen-bond donors (Lipinski definition) is 2. The van der Waals surface area contributed by atoms with E-state index in [1.165, 1.54) is 25.3 Å². The monoisotopic (exact) mass is 339 g/mol. The van der Waals surface area contributed by atoms with E-state index in [1.807, 2.05) is 6.07 Å². The van der Waals surface area contributed by atoms with Gasteiger partial charge in [-0.25, -0.2) is 0 Å². The molecule has 0 bridgehead atoms. The molecule has 2 aromatic rings. The molecule has 2 rings (SSSR count). The van der Waals surface area contributed by atoms with Gasteiger partial charge in [-0.3, -0.25) is 9.59 Å². The van der Waals surface area contributed by atoms with Crippen LogP contribution in [0.4, 0.5) is 5.69 Å². The van der Waals surface area contributed by atoms with Crippen LogP contribution < -0.4 is 20.5 Å². The molecular formula is C18H17N3O4. The summed E-state index contributed by atoms with van der Waals surface area (Å²) in [5, 5.41) is 11.6. The highest BCUT2D eigenvalue weighted by molar-refractivity contribution is 5.96. The Morgan fingerprint density at radius 2 is 1.84 bits per heavy atom. The van der Waals surface area contributed by atoms with Crippen LogP contribution in [0, 0.1) is 11.3 Å². The molecule has 0 saturated carbocycles. The normalized spacial score (nSPS) is 11.1. The lowest BCUT2D eigenvalue weighted by atomic mass is 10.2. The van der Waals surface area contributed by atoms with Gasteiger partial charge in [0.25, 0.3) is 5.91 Å².